The first-order chi connectivity index (χ1) is 9.15. The number of benzene rings is 1. The number of rotatable bonds is 4. The molecule has 1 N–H and O–H groups in total. The number of nitrogens with one attached hydrogen (secondary N) is 1. The van der Waals surface area contributed by atoms with Gasteiger partial charge in [-0.15, -0.1) is 0 Å². The highest BCUT2D eigenvalue weighted by Gasteiger charge is 2.23. The van der Waals surface area contributed by atoms with Gasteiger partial charge >= 0.3 is 0 Å². The Kier molecular flexibility index (Phi) is 2.85. The van der Waals surface area contributed by atoms with Crippen molar-refractivity contribution in [1.82, 2.24) is 9.88 Å². The van der Waals surface area contributed by atoms with Crippen LogP contribution in [0, 0.1) is 0 Å². The summed E-state index contributed by atoms with van der Waals surface area (Å²) in [6.07, 6.45) is 3.94. The minimum Gasteiger partial charge on any atom is -0.352 e. The van der Waals surface area contributed by atoms with E-state index in [1.54, 1.807) is 13.1 Å². The molecule has 98 valence electrons. The molecule has 0 atom stereocenters. The number of para-hydroxylation sites is 1. The number of aromatic nitrogens is 1. The number of Topliss-reactive ketones (excluding diaryl/α,β-unsaturated/α-hetero) is 1. The van der Waals surface area contributed by atoms with Gasteiger partial charge in [-0.2, -0.15) is 0 Å². The first-order valence-electron chi connectivity index (χ1n) is 6.53. The average Bonchev–Trinajstić information content (AvgIpc) is 3.10. The SMILES string of the molecule is CC(=O)c1cn(CC(=O)NC2CC2)c2ccccc12. The Hall–Kier alpha value is -2.10. The molecular formula is C15H16N2O2. The third-order valence-electron chi connectivity index (χ3n) is 3.42. The summed E-state index contributed by atoms with van der Waals surface area (Å²) in [5, 5.41) is 3.87. The van der Waals surface area contributed by atoms with Gasteiger partial charge in [-0.05, 0) is 25.8 Å². The zero-order valence-electron chi connectivity index (χ0n) is 10.8. The van der Waals surface area contributed by atoms with Crippen molar-refractivity contribution in [2.75, 3.05) is 0 Å². The fourth-order valence-corrected chi connectivity index (χ4v) is 2.31. The Morgan fingerprint density at radius 2 is 2.05 bits per heavy atom. The molecule has 0 spiro atoms. The molecule has 2 aromatic rings. The minimum atomic E-state index is 0.0124. The van der Waals surface area contributed by atoms with Crippen molar-refractivity contribution in [1.29, 1.82) is 0 Å². The topological polar surface area (TPSA) is 51.1 Å². The van der Waals surface area contributed by atoms with Crippen LogP contribution in [0.1, 0.15) is 30.1 Å². The van der Waals surface area contributed by atoms with E-state index in [1.165, 1.54) is 0 Å². The van der Waals surface area contributed by atoms with Gasteiger partial charge in [0.15, 0.2) is 5.78 Å². The predicted molar refractivity (Wildman–Crippen MR) is 73.1 cm³/mol. The smallest absolute Gasteiger partial charge is 0.240 e. The number of fused-ring (bicyclic) bond motifs is 1. The van der Waals surface area contributed by atoms with Crippen LogP contribution in [0.4, 0.5) is 0 Å². The van der Waals surface area contributed by atoms with Crippen molar-refractivity contribution < 1.29 is 9.59 Å². The lowest BCUT2D eigenvalue weighted by Gasteiger charge is -2.05. The van der Waals surface area contributed by atoms with E-state index in [4.69, 9.17) is 0 Å². The minimum absolute atomic E-state index is 0.0124. The van der Waals surface area contributed by atoms with E-state index in [0.29, 0.717) is 11.6 Å². The number of hydrogen-bond acceptors (Lipinski definition) is 2. The Bertz CT molecular complexity index is 653. The van der Waals surface area contributed by atoms with Gasteiger partial charge in [-0.25, -0.2) is 0 Å². The lowest BCUT2D eigenvalue weighted by molar-refractivity contribution is -0.121. The van der Waals surface area contributed by atoms with Crippen molar-refractivity contribution in [3.8, 4) is 0 Å². The Morgan fingerprint density at radius 3 is 2.74 bits per heavy atom. The Labute approximate surface area is 111 Å². The zero-order valence-corrected chi connectivity index (χ0v) is 10.8. The van der Waals surface area contributed by atoms with E-state index < -0.39 is 0 Å². The first kappa shape index (κ1) is 12.0. The molecule has 4 nitrogen and oxygen atoms in total. The Morgan fingerprint density at radius 1 is 1.32 bits per heavy atom. The number of ketones is 1. The largest absolute Gasteiger partial charge is 0.352 e. The van der Waals surface area contributed by atoms with E-state index >= 15 is 0 Å². The molecule has 1 aliphatic carbocycles. The summed E-state index contributed by atoms with van der Waals surface area (Å²) < 4.78 is 1.85. The standard InChI is InChI=1S/C15H16N2O2/c1-10(18)13-8-17(9-15(19)16-11-6-7-11)14-5-3-2-4-12(13)14/h2-5,8,11H,6-7,9H2,1H3,(H,16,19). The summed E-state index contributed by atoms with van der Waals surface area (Å²) in [5.41, 5.74) is 1.61. The lowest BCUT2D eigenvalue weighted by atomic mass is 10.1. The maximum atomic E-state index is 11.9. The number of hydrogen-bond donors (Lipinski definition) is 1. The van der Waals surface area contributed by atoms with Crippen molar-refractivity contribution in [3.05, 3.63) is 36.0 Å². The second-order valence-electron chi connectivity index (χ2n) is 5.09. The highest BCUT2D eigenvalue weighted by molar-refractivity contribution is 6.07. The van der Waals surface area contributed by atoms with E-state index in [-0.39, 0.29) is 18.2 Å². The molecule has 0 unspecified atom stereocenters. The normalized spacial score (nSPS) is 14.6. The molecule has 19 heavy (non-hydrogen) atoms. The summed E-state index contributed by atoms with van der Waals surface area (Å²) in [6, 6.07) is 8.04. The number of amides is 1. The molecule has 1 amide bonds. The van der Waals surface area contributed by atoms with E-state index in [1.807, 2.05) is 28.8 Å². The molecule has 0 radical (unpaired) electrons. The van der Waals surface area contributed by atoms with Gasteiger partial charge < -0.3 is 9.88 Å². The van der Waals surface area contributed by atoms with Crippen LogP contribution in [0.2, 0.25) is 0 Å². The number of nitrogens with zero attached hydrogens (tertiary/aromatic N) is 1. The molecule has 1 saturated carbocycles. The molecule has 1 aromatic carbocycles. The zero-order chi connectivity index (χ0) is 13.4. The van der Waals surface area contributed by atoms with Crippen molar-refractivity contribution in [3.63, 3.8) is 0 Å². The third-order valence-corrected chi connectivity index (χ3v) is 3.42. The van der Waals surface area contributed by atoms with Crippen LogP contribution in [0.15, 0.2) is 30.5 Å². The number of carbonyl (C=O) groups is 2. The van der Waals surface area contributed by atoms with Gasteiger partial charge in [-0.3, -0.25) is 9.59 Å². The van der Waals surface area contributed by atoms with Crippen LogP contribution in [-0.4, -0.2) is 22.3 Å². The summed E-state index contributed by atoms with van der Waals surface area (Å²) in [7, 11) is 0. The van der Waals surface area contributed by atoms with Gasteiger partial charge in [0, 0.05) is 28.7 Å². The van der Waals surface area contributed by atoms with Crippen LogP contribution >= 0.6 is 0 Å². The highest BCUT2D eigenvalue weighted by atomic mass is 16.2. The molecule has 1 aromatic heterocycles. The molecule has 0 saturated heterocycles. The number of carbonyl (C=O) groups excluding carboxylic acids is 2. The summed E-state index contributed by atoms with van der Waals surface area (Å²) in [4.78, 5) is 23.5. The van der Waals surface area contributed by atoms with Crippen molar-refractivity contribution in [2.45, 2.75) is 32.4 Å². The van der Waals surface area contributed by atoms with Gasteiger partial charge in [0.2, 0.25) is 5.91 Å². The molecule has 1 heterocycles. The molecule has 0 aliphatic heterocycles. The van der Waals surface area contributed by atoms with Gasteiger partial charge in [0.05, 0.1) is 0 Å². The van der Waals surface area contributed by atoms with Gasteiger partial charge in [-0.1, -0.05) is 18.2 Å². The van der Waals surface area contributed by atoms with Crippen molar-refractivity contribution >= 4 is 22.6 Å². The van der Waals surface area contributed by atoms with Crippen LogP contribution < -0.4 is 5.32 Å². The van der Waals surface area contributed by atoms with Crippen LogP contribution in [0.5, 0.6) is 0 Å². The second-order valence-corrected chi connectivity index (χ2v) is 5.09. The van der Waals surface area contributed by atoms with Crippen LogP contribution in [0.25, 0.3) is 10.9 Å². The van der Waals surface area contributed by atoms with E-state index in [0.717, 1.165) is 23.7 Å². The second kappa shape index (κ2) is 4.53. The molecule has 3 rings (SSSR count). The fourth-order valence-electron chi connectivity index (χ4n) is 2.31. The summed E-state index contributed by atoms with van der Waals surface area (Å²) in [5.74, 6) is 0.0379. The van der Waals surface area contributed by atoms with Crippen LogP contribution in [-0.2, 0) is 11.3 Å². The third kappa shape index (κ3) is 2.38. The quantitative estimate of drug-likeness (QED) is 0.852. The maximum absolute atomic E-state index is 11.9. The molecule has 4 heteroatoms. The average molecular weight is 256 g/mol. The van der Waals surface area contributed by atoms with Gasteiger partial charge in [0.25, 0.3) is 0 Å². The first-order valence-corrected chi connectivity index (χ1v) is 6.53. The summed E-state index contributed by atoms with van der Waals surface area (Å²) in [6.45, 7) is 1.82. The maximum Gasteiger partial charge on any atom is 0.240 e. The highest BCUT2D eigenvalue weighted by Crippen LogP contribution is 2.22. The Balaban J connectivity index is 1.93. The predicted octanol–water partition coefficient (Wildman–Crippen LogP) is 2.12. The van der Waals surface area contributed by atoms with E-state index in [9.17, 15) is 9.59 Å². The van der Waals surface area contributed by atoms with Crippen molar-refractivity contribution in [2.24, 2.45) is 0 Å². The molecule has 1 aliphatic rings. The monoisotopic (exact) mass is 256 g/mol. The summed E-state index contributed by atoms with van der Waals surface area (Å²) >= 11 is 0. The fraction of sp³-hybridized carbons (Fsp3) is 0.333. The molecule has 1 fully saturated rings. The molecule has 0 bridgehead atoms. The van der Waals surface area contributed by atoms with E-state index in [2.05, 4.69) is 5.32 Å². The van der Waals surface area contributed by atoms with Gasteiger partial charge in [0.1, 0.15) is 6.54 Å². The van der Waals surface area contributed by atoms with Crippen LogP contribution in [0.3, 0.4) is 0 Å². The lowest BCUT2D eigenvalue weighted by Crippen LogP contribution is -2.29. The molecular weight excluding hydrogens is 240 g/mol.